The summed E-state index contributed by atoms with van der Waals surface area (Å²) in [6, 6.07) is 0.863. The summed E-state index contributed by atoms with van der Waals surface area (Å²) in [5.41, 5.74) is 0.168. The number of rotatable bonds is 3. The first-order valence-corrected chi connectivity index (χ1v) is 5.82. The van der Waals surface area contributed by atoms with Crippen LogP contribution in [0.1, 0.15) is 41.0 Å². The molecule has 0 amide bonds. The van der Waals surface area contributed by atoms with Gasteiger partial charge in [0.2, 0.25) is 0 Å². The summed E-state index contributed by atoms with van der Waals surface area (Å²) < 4.78 is 0. The molecule has 1 heterocycles. The van der Waals surface area contributed by atoms with Crippen molar-refractivity contribution in [2.75, 3.05) is 13.1 Å². The van der Waals surface area contributed by atoms with E-state index in [0.717, 1.165) is 6.54 Å². The van der Waals surface area contributed by atoms with Crippen molar-refractivity contribution in [2.45, 2.75) is 58.7 Å². The van der Waals surface area contributed by atoms with E-state index in [2.05, 4.69) is 44.8 Å². The van der Waals surface area contributed by atoms with E-state index in [1.807, 2.05) is 0 Å². The maximum Gasteiger partial charge on any atom is 0.148 e. The van der Waals surface area contributed by atoms with Crippen molar-refractivity contribution in [3.8, 4) is 0 Å². The summed E-state index contributed by atoms with van der Waals surface area (Å²) in [5, 5.41) is 3.27. The molecule has 0 radical (unpaired) electrons. The van der Waals surface area contributed by atoms with Gasteiger partial charge < -0.3 is 5.32 Å². The molecule has 0 aliphatic carbocycles. The van der Waals surface area contributed by atoms with Crippen LogP contribution in [0.3, 0.4) is 0 Å². The number of Topliss-reactive ketones (excluding diaryl/α,β-unsaturated/α-hetero) is 1. The van der Waals surface area contributed by atoms with Gasteiger partial charge in [-0.3, -0.25) is 9.69 Å². The van der Waals surface area contributed by atoms with Crippen LogP contribution in [0.4, 0.5) is 0 Å². The monoisotopic (exact) mass is 212 g/mol. The lowest BCUT2D eigenvalue weighted by Crippen LogP contribution is -2.50. The molecule has 1 N–H and O–H groups in total. The molecule has 1 rings (SSSR count). The number of nitrogens with one attached hydrogen (secondary N) is 1. The maximum atomic E-state index is 11.2. The lowest BCUT2D eigenvalue weighted by Gasteiger charge is -2.40. The van der Waals surface area contributed by atoms with Gasteiger partial charge in [0, 0.05) is 30.6 Å². The molecule has 1 unspecified atom stereocenters. The fourth-order valence-corrected chi connectivity index (χ4v) is 2.30. The molecule has 0 aromatic heterocycles. The Balaban J connectivity index is 2.56. The summed E-state index contributed by atoms with van der Waals surface area (Å²) in [6.45, 7) is 12.6. The van der Waals surface area contributed by atoms with E-state index in [1.54, 1.807) is 0 Å². The smallest absolute Gasteiger partial charge is 0.148 e. The van der Waals surface area contributed by atoms with Gasteiger partial charge >= 0.3 is 0 Å². The van der Waals surface area contributed by atoms with Crippen LogP contribution >= 0.6 is 0 Å². The van der Waals surface area contributed by atoms with E-state index in [9.17, 15) is 4.79 Å². The Kier molecular flexibility index (Phi) is 3.90. The third-order valence-corrected chi connectivity index (χ3v) is 2.96. The average molecular weight is 212 g/mol. The van der Waals surface area contributed by atoms with Crippen molar-refractivity contribution in [2.24, 2.45) is 0 Å². The molecule has 1 fully saturated rings. The molecular formula is C12H24N2O. The Bertz CT molecular complexity index is 230. The fourth-order valence-electron chi connectivity index (χ4n) is 2.30. The summed E-state index contributed by atoms with van der Waals surface area (Å²) >= 11 is 0. The van der Waals surface area contributed by atoms with Gasteiger partial charge in [0.25, 0.3) is 0 Å². The molecule has 0 aromatic carbocycles. The highest BCUT2D eigenvalue weighted by atomic mass is 16.1. The van der Waals surface area contributed by atoms with Gasteiger partial charge in [-0.15, -0.1) is 0 Å². The third-order valence-electron chi connectivity index (χ3n) is 2.96. The Morgan fingerprint density at radius 1 is 1.47 bits per heavy atom. The van der Waals surface area contributed by atoms with Gasteiger partial charge in [0.1, 0.15) is 5.78 Å². The Morgan fingerprint density at radius 3 is 2.40 bits per heavy atom. The summed E-state index contributed by atoms with van der Waals surface area (Å²) in [6.07, 6.45) is 0.694. The van der Waals surface area contributed by atoms with Crippen molar-refractivity contribution in [1.29, 1.82) is 0 Å². The van der Waals surface area contributed by atoms with Crippen LogP contribution in [0.25, 0.3) is 0 Å². The minimum absolute atomic E-state index is 0.168. The van der Waals surface area contributed by atoms with Crippen molar-refractivity contribution in [3.63, 3.8) is 0 Å². The zero-order chi connectivity index (χ0) is 11.6. The summed E-state index contributed by atoms with van der Waals surface area (Å²) in [7, 11) is 0. The minimum Gasteiger partial charge on any atom is -0.305 e. The van der Waals surface area contributed by atoms with Crippen LogP contribution in [0, 0.1) is 0 Å². The molecule has 1 atom stereocenters. The molecule has 1 aliphatic heterocycles. The fraction of sp³-hybridized carbons (Fsp3) is 0.917. The highest BCUT2D eigenvalue weighted by Gasteiger charge is 2.29. The summed E-state index contributed by atoms with van der Waals surface area (Å²) in [5.74, 6) is 0.345. The van der Waals surface area contributed by atoms with E-state index in [0.29, 0.717) is 30.8 Å². The SMILES string of the molecule is CC(C)N(CC1CC(=O)CN1)C(C)(C)C. The largest absolute Gasteiger partial charge is 0.305 e. The number of hydrogen-bond acceptors (Lipinski definition) is 3. The first kappa shape index (κ1) is 12.7. The topological polar surface area (TPSA) is 32.3 Å². The van der Waals surface area contributed by atoms with Crippen molar-refractivity contribution in [1.82, 2.24) is 10.2 Å². The van der Waals surface area contributed by atoms with Gasteiger partial charge in [0.15, 0.2) is 0 Å². The predicted octanol–water partition coefficient (Wildman–Crippen LogP) is 1.43. The normalized spacial score (nSPS) is 23.1. The molecular weight excluding hydrogens is 188 g/mol. The van der Waals surface area contributed by atoms with Crippen LogP contribution in [0.2, 0.25) is 0 Å². The molecule has 0 spiro atoms. The molecule has 3 nitrogen and oxygen atoms in total. The second-order valence-corrected chi connectivity index (χ2v) is 5.74. The van der Waals surface area contributed by atoms with E-state index in [1.165, 1.54) is 0 Å². The van der Waals surface area contributed by atoms with Gasteiger partial charge in [-0.1, -0.05) is 0 Å². The molecule has 15 heavy (non-hydrogen) atoms. The number of ketones is 1. The molecule has 1 aliphatic rings. The van der Waals surface area contributed by atoms with E-state index in [-0.39, 0.29) is 5.54 Å². The van der Waals surface area contributed by atoms with E-state index in [4.69, 9.17) is 0 Å². The quantitative estimate of drug-likeness (QED) is 0.768. The van der Waals surface area contributed by atoms with Crippen LogP contribution < -0.4 is 5.32 Å². The molecule has 0 aromatic rings. The molecule has 0 bridgehead atoms. The highest BCUT2D eigenvalue weighted by molar-refractivity contribution is 5.83. The van der Waals surface area contributed by atoms with Gasteiger partial charge in [-0.25, -0.2) is 0 Å². The Hall–Kier alpha value is -0.410. The minimum atomic E-state index is 0.168. The summed E-state index contributed by atoms with van der Waals surface area (Å²) in [4.78, 5) is 13.6. The maximum absolute atomic E-state index is 11.2. The number of carbonyl (C=O) groups is 1. The van der Waals surface area contributed by atoms with Crippen LogP contribution in [-0.2, 0) is 4.79 Å². The second kappa shape index (κ2) is 4.62. The number of hydrogen-bond donors (Lipinski definition) is 1. The number of nitrogens with zero attached hydrogens (tertiary/aromatic N) is 1. The zero-order valence-corrected chi connectivity index (χ0v) is 10.6. The second-order valence-electron chi connectivity index (χ2n) is 5.74. The predicted molar refractivity (Wildman–Crippen MR) is 63.0 cm³/mol. The third kappa shape index (κ3) is 3.58. The van der Waals surface area contributed by atoms with Crippen molar-refractivity contribution >= 4 is 5.78 Å². The average Bonchev–Trinajstić information content (AvgIpc) is 2.44. The molecule has 1 saturated heterocycles. The Labute approximate surface area is 93.2 Å². The first-order chi connectivity index (χ1) is 6.80. The van der Waals surface area contributed by atoms with Gasteiger partial charge in [-0.05, 0) is 34.6 Å². The zero-order valence-electron chi connectivity index (χ0n) is 10.6. The van der Waals surface area contributed by atoms with Crippen molar-refractivity contribution < 1.29 is 4.79 Å². The van der Waals surface area contributed by atoms with E-state index < -0.39 is 0 Å². The standard InChI is InChI=1S/C12H24N2O/c1-9(2)14(12(3,4)5)8-10-6-11(15)7-13-10/h9-10,13H,6-8H2,1-5H3. The number of carbonyl (C=O) groups excluding carboxylic acids is 1. The van der Waals surface area contributed by atoms with Crippen molar-refractivity contribution in [3.05, 3.63) is 0 Å². The highest BCUT2D eigenvalue weighted by Crippen LogP contribution is 2.18. The van der Waals surface area contributed by atoms with Crippen LogP contribution in [-0.4, -0.2) is 41.4 Å². The first-order valence-electron chi connectivity index (χ1n) is 5.82. The molecule has 0 saturated carbocycles. The van der Waals surface area contributed by atoms with Gasteiger partial charge in [-0.2, -0.15) is 0 Å². The van der Waals surface area contributed by atoms with Crippen LogP contribution in [0.5, 0.6) is 0 Å². The van der Waals surface area contributed by atoms with Gasteiger partial charge in [0.05, 0.1) is 6.54 Å². The molecule has 3 heteroatoms. The Morgan fingerprint density at radius 2 is 2.07 bits per heavy atom. The van der Waals surface area contributed by atoms with E-state index >= 15 is 0 Å². The molecule has 88 valence electrons. The lowest BCUT2D eigenvalue weighted by atomic mass is 10.0. The van der Waals surface area contributed by atoms with Crippen LogP contribution in [0.15, 0.2) is 0 Å². The lowest BCUT2D eigenvalue weighted by molar-refractivity contribution is -0.116.